The quantitative estimate of drug-likeness (QED) is 0.457. The van der Waals surface area contributed by atoms with E-state index in [1.165, 1.54) is 11.3 Å². The average molecular weight is 453 g/mol. The summed E-state index contributed by atoms with van der Waals surface area (Å²) in [6, 6.07) is 9.46. The van der Waals surface area contributed by atoms with Gasteiger partial charge in [0, 0.05) is 23.5 Å². The van der Waals surface area contributed by atoms with Crippen molar-refractivity contribution in [3.8, 4) is 0 Å². The van der Waals surface area contributed by atoms with Crippen molar-refractivity contribution < 1.29 is 32.3 Å². The largest absolute Gasteiger partial charge is 0.454 e. The highest BCUT2D eigenvalue weighted by molar-refractivity contribution is 7.12. The summed E-state index contributed by atoms with van der Waals surface area (Å²) in [4.78, 5) is 40.0. The molecule has 164 valence electrons. The van der Waals surface area contributed by atoms with Gasteiger partial charge in [-0.05, 0) is 23.1 Å². The summed E-state index contributed by atoms with van der Waals surface area (Å²) in [7, 11) is 0. The van der Waals surface area contributed by atoms with Crippen LogP contribution in [0.4, 0.5) is 13.2 Å². The van der Waals surface area contributed by atoms with Crippen molar-refractivity contribution in [3.05, 3.63) is 58.4 Å². The predicted molar refractivity (Wildman–Crippen MR) is 108 cm³/mol. The first-order valence-electron chi connectivity index (χ1n) is 9.12. The molecule has 3 aromatic rings. The molecule has 2 aromatic heterocycles. The smallest absolute Gasteiger partial charge is 0.405 e. The van der Waals surface area contributed by atoms with E-state index >= 15 is 0 Å². The van der Waals surface area contributed by atoms with Crippen LogP contribution in [-0.4, -0.2) is 48.1 Å². The summed E-state index contributed by atoms with van der Waals surface area (Å²) in [5, 5.41) is 6.73. The van der Waals surface area contributed by atoms with E-state index < -0.39 is 43.2 Å². The van der Waals surface area contributed by atoms with Gasteiger partial charge in [0.1, 0.15) is 12.6 Å². The summed E-state index contributed by atoms with van der Waals surface area (Å²) >= 11 is 1.18. The van der Waals surface area contributed by atoms with Crippen molar-refractivity contribution in [3.63, 3.8) is 0 Å². The number of rotatable bonds is 8. The molecule has 0 spiro atoms. The number of esters is 1. The van der Waals surface area contributed by atoms with Gasteiger partial charge >= 0.3 is 12.1 Å². The zero-order valence-corrected chi connectivity index (χ0v) is 16.8. The van der Waals surface area contributed by atoms with Gasteiger partial charge in [-0.15, -0.1) is 11.3 Å². The zero-order valence-electron chi connectivity index (χ0n) is 16.0. The molecule has 3 N–H and O–H groups in total. The van der Waals surface area contributed by atoms with Crippen molar-refractivity contribution in [2.24, 2.45) is 0 Å². The van der Waals surface area contributed by atoms with E-state index in [1.807, 2.05) is 24.3 Å². The van der Waals surface area contributed by atoms with Crippen molar-refractivity contribution in [1.29, 1.82) is 0 Å². The number of halogens is 3. The van der Waals surface area contributed by atoms with Crippen LogP contribution in [-0.2, 0) is 20.7 Å². The third kappa shape index (κ3) is 6.32. The first-order chi connectivity index (χ1) is 14.7. The zero-order chi connectivity index (χ0) is 22.4. The van der Waals surface area contributed by atoms with Gasteiger partial charge in [-0.25, -0.2) is 4.79 Å². The Morgan fingerprint density at radius 2 is 1.90 bits per heavy atom. The maximum Gasteiger partial charge on any atom is 0.405 e. The highest BCUT2D eigenvalue weighted by atomic mass is 32.1. The lowest BCUT2D eigenvalue weighted by molar-refractivity contribution is -0.152. The molecule has 3 rings (SSSR count). The van der Waals surface area contributed by atoms with Gasteiger partial charge in [-0.1, -0.05) is 24.3 Å². The molecular weight excluding hydrogens is 435 g/mol. The topological polar surface area (TPSA) is 100 Å². The van der Waals surface area contributed by atoms with Gasteiger partial charge in [-0.2, -0.15) is 13.2 Å². The molecule has 2 amide bonds. The number of alkyl halides is 3. The highest BCUT2D eigenvalue weighted by Crippen LogP contribution is 2.20. The number of amides is 2. The van der Waals surface area contributed by atoms with Gasteiger partial charge in [0.05, 0.1) is 4.88 Å². The Morgan fingerprint density at radius 1 is 1.13 bits per heavy atom. The second-order valence-corrected chi connectivity index (χ2v) is 7.51. The number of carbonyl (C=O) groups excluding carboxylic acids is 3. The van der Waals surface area contributed by atoms with Crippen molar-refractivity contribution in [2.75, 3.05) is 13.2 Å². The number of aromatic nitrogens is 1. The number of thiophene rings is 1. The molecule has 0 aliphatic heterocycles. The molecule has 0 unspecified atom stereocenters. The van der Waals surface area contributed by atoms with Crippen LogP contribution < -0.4 is 10.6 Å². The molecule has 0 fully saturated rings. The molecule has 7 nitrogen and oxygen atoms in total. The summed E-state index contributed by atoms with van der Waals surface area (Å²) in [6.45, 7) is -2.43. The fourth-order valence-electron chi connectivity index (χ4n) is 2.84. The second-order valence-electron chi connectivity index (χ2n) is 6.57. The first kappa shape index (κ1) is 22.3. The average Bonchev–Trinajstić information content (AvgIpc) is 3.40. The number of ether oxygens (including phenoxy) is 1. The first-order valence-corrected chi connectivity index (χ1v) is 10.0. The van der Waals surface area contributed by atoms with Crippen LogP contribution in [0.5, 0.6) is 0 Å². The Morgan fingerprint density at radius 3 is 2.61 bits per heavy atom. The molecule has 11 heteroatoms. The van der Waals surface area contributed by atoms with Gasteiger partial charge < -0.3 is 20.4 Å². The van der Waals surface area contributed by atoms with E-state index in [1.54, 1.807) is 29.0 Å². The fourth-order valence-corrected chi connectivity index (χ4v) is 3.46. The predicted octanol–water partition coefficient (Wildman–Crippen LogP) is 2.79. The number of benzene rings is 1. The second kappa shape index (κ2) is 9.65. The van der Waals surface area contributed by atoms with Gasteiger partial charge in [0.15, 0.2) is 6.61 Å². The Balaban J connectivity index is 1.69. The number of hydrogen-bond donors (Lipinski definition) is 3. The van der Waals surface area contributed by atoms with Crippen LogP contribution in [0.3, 0.4) is 0 Å². The third-order valence-corrected chi connectivity index (χ3v) is 5.13. The van der Waals surface area contributed by atoms with E-state index in [9.17, 15) is 27.6 Å². The van der Waals surface area contributed by atoms with E-state index in [0.717, 1.165) is 16.5 Å². The Labute approximate surface area is 178 Å². The standard InChI is InChI=1S/C20H18F3N3O4S/c21-20(22,23)11-25-17(27)10-30-19(29)15(26-18(28)16-6-3-7-31-16)8-12-9-24-14-5-2-1-4-13(12)14/h1-7,9,15,24H,8,10-11H2,(H,25,27)(H,26,28)/t15-/m0/s1. The fraction of sp³-hybridized carbons (Fsp3) is 0.250. The van der Waals surface area contributed by atoms with E-state index in [0.29, 0.717) is 4.88 Å². The molecule has 0 aliphatic carbocycles. The minimum absolute atomic E-state index is 0.0597. The Hall–Kier alpha value is -3.34. The molecule has 1 atom stereocenters. The number of para-hydroxylation sites is 1. The van der Waals surface area contributed by atoms with E-state index in [-0.39, 0.29) is 6.42 Å². The lowest BCUT2D eigenvalue weighted by Crippen LogP contribution is -2.44. The minimum Gasteiger partial charge on any atom is -0.454 e. The molecule has 0 radical (unpaired) electrons. The number of aromatic amines is 1. The number of hydrogen-bond acceptors (Lipinski definition) is 5. The summed E-state index contributed by atoms with van der Waals surface area (Å²) in [5.74, 6) is -2.53. The highest BCUT2D eigenvalue weighted by Gasteiger charge is 2.29. The van der Waals surface area contributed by atoms with Crippen LogP contribution in [0.1, 0.15) is 15.2 Å². The normalized spacial score (nSPS) is 12.4. The molecular formula is C20H18F3N3O4S. The van der Waals surface area contributed by atoms with E-state index in [2.05, 4.69) is 10.3 Å². The van der Waals surface area contributed by atoms with Crippen LogP contribution in [0.2, 0.25) is 0 Å². The molecule has 1 aromatic carbocycles. The van der Waals surface area contributed by atoms with E-state index in [4.69, 9.17) is 4.74 Å². The van der Waals surface area contributed by atoms with Crippen LogP contribution >= 0.6 is 11.3 Å². The minimum atomic E-state index is -4.58. The maximum atomic E-state index is 12.6. The molecule has 0 saturated carbocycles. The SMILES string of the molecule is O=C(COC(=O)[C@H](Cc1c[nH]c2ccccc12)NC(=O)c1cccs1)NCC(F)(F)F. The lowest BCUT2D eigenvalue weighted by atomic mass is 10.0. The summed E-state index contributed by atoms with van der Waals surface area (Å²) in [6.07, 6.45) is -2.82. The molecule has 2 heterocycles. The number of fused-ring (bicyclic) bond motifs is 1. The van der Waals surface area contributed by atoms with Crippen molar-refractivity contribution in [2.45, 2.75) is 18.6 Å². The van der Waals surface area contributed by atoms with Crippen LogP contribution in [0.25, 0.3) is 10.9 Å². The molecule has 31 heavy (non-hydrogen) atoms. The molecule has 0 bridgehead atoms. The van der Waals surface area contributed by atoms with Gasteiger partial charge in [0.25, 0.3) is 11.8 Å². The van der Waals surface area contributed by atoms with Crippen molar-refractivity contribution in [1.82, 2.24) is 15.6 Å². The molecule has 0 aliphatic rings. The van der Waals surface area contributed by atoms with Gasteiger partial charge in [0.2, 0.25) is 0 Å². The number of H-pyrrole nitrogens is 1. The number of nitrogens with one attached hydrogen (secondary N) is 3. The van der Waals surface area contributed by atoms with Crippen LogP contribution in [0.15, 0.2) is 48.0 Å². The number of carbonyl (C=O) groups is 3. The molecule has 0 saturated heterocycles. The monoisotopic (exact) mass is 453 g/mol. The Kier molecular flexibility index (Phi) is 6.95. The summed E-state index contributed by atoms with van der Waals surface area (Å²) < 4.78 is 41.4. The maximum absolute atomic E-state index is 12.6. The van der Waals surface area contributed by atoms with Crippen molar-refractivity contribution >= 4 is 40.0 Å². The lowest BCUT2D eigenvalue weighted by Gasteiger charge is -2.17. The third-order valence-electron chi connectivity index (χ3n) is 4.27. The Bertz CT molecular complexity index is 1060. The summed E-state index contributed by atoms with van der Waals surface area (Å²) in [5.41, 5.74) is 1.56. The van der Waals surface area contributed by atoms with Gasteiger partial charge in [-0.3, -0.25) is 9.59 Å². The van der Waals surface area contributed by atoms with Crippen LogP contribution in [0, 0.1) is 0 Å².